The zero-order valence-electron chi connectivity index (χ0n) is 9.85. The zero-order chi connectivity index (χ0) is 12.1. The lowest BCUT2D eigenvalue weighted by atomic mass is 10.1. The number of aromatic nitrogens is 2. The fourth-order valence-electron chi connectivity index (χ4n) is 1.81. The van der Waals surface area contributed by atoms with Crippen LogP contribution in [0.5, 0.6) is 5.75 Å². The number of hydrogen-bond acceptors (Lipinski definition) is 3. The third kappa shape index (κ3) is 3.07. The van der Waals surface area contributed by atoms with Crippen LogP contribution in [0.25, 0.3) is 0 Å². The molecule has 0 aliphatic carbocycles. The summed E-state index contributed by atoms with van der Waals surface area (Å²) in [5, 5.41) is 13.1. The number of para-hydroxylation sites is 1. The quantitative estimate of drug-likeness (QED) is 0.737. The van der Waals surface area contributed by atoms with Gasteiger partial charge in [-0.25, -0.2) is 4.98 Å². The number of aromatic hydroxyl groups is 1. The van der Waals surface area contributed by atoms with Crippen LogP contribution in [0.15, 0.2) is 36.7 Å². The van der Waals surface area contributed by atoms with Crippen LogP contribution in [-0.2, 0) is 6.42 Å². The van der Waals surface area contributed by atoms with Gasteiger partial charge in [0.15, 0.2) is 0 Å². The summed E-state index contributed by atoms with van der Waals surface area (Å²) in [5.41, 5.74) is 0.923. The first-order chi connectivity index (χ1) is 8.27. The molecule has 0 saturated carbocycles. The molecule has 0 bridgehead atoms. The van der Waals surface area contributed by atoms with Gasteiger partial charge in [-0.2, -0.15) is 0 Å². The van der Waals surface area contributed by atoms with E-state index in [1.807, 2.05) is 31.3 Å². The molecule has 1 atom stereocenters. The predicted octanol–water partition coefficient (Wildman–Crippen LogP) is 2.01. The van der Waals surface area contributed by atoms with E-state index in [-0.39, 0.29) is 6.04 Å². The highest BCUT2D eigenvalue weighted by Crippen LogP contribution is 2.22. The molecule has 1 aromatic carbocycles. The average Bonchev–Trinajstić information content (AvgIpc) is 2.82. The standard InChI is InChI=1S/C13H17N3O/c1-10(11-4-2-3-5-12(11)17)14-7-6-13-15-8-9-16-13/h2-5,8-10,14,17H,6-7H2,1H3,(H,15,16). The molecule has 4 nitrogen and oxygen atoms in total. The van der Waals surface area contributed by atoms with Gasteiger partial charge in [0.05, 0.1) is 0 Å². The number of aromatic amines is 1. The van der Waals surface area contributed by atoms with Crippen LogP contribution in [0.3, 0.4) is 0 Å². The number of nitrogens with one attached hydrogen (secondary N) is 2. The maximum atomic E-state index is 9.71. The Hall–Kier alpha value is -1.81. The molecule has 0 spiro atoms. The van der Waals surface area contributed by atoms with Crippen molar-refractivity contribution in [1.29, 1.82) is 0 Å². The van der Waals surface area contributed by atoms with Gasteiger partial charge < -0.3 is 15.4 Å². The first kappa shape index (κ1) is 11.7. The Labute approximate surface area is 101 Å². The monoisotopic (exact) mass is 231 g/mol. The number of imidazole rings is 1. The molecule has 0 radical (unpaired) electrons. The van der Waals surface area contributed by atoms with E-state index in [1.54, 1.807) is 12.3 Å². The van der Waals surface area contributed by atoms with Crippen molar-refractivity contribution in [2.45, 2.75) is 19.4 Å². The van der Waals surface area contributed by atoms with E-state index >= 15 is 0 Å². The third-order valence-corrected chi connectivity index (χ3v) is 2.77. The minimum atomic E-state index is 0.131. The molecule has 1 heterocycles. The van der Waals surface area contributed by atoms with Gasteiger partial charge in [0.25, 0.3) is 0 Å². The van der Waals surface area contributed by atoms with Crippen molar-refractivity contribution in [3.63, 3.8) is 0 Å². The zero-order valence-corrected chi connectivity index (χ0v) is 9.85. The molecule has 3 N–H and O–H groups in total. The number of nitrogens with zero attached hydrogens (tertiary/aromatic N) is 1. The fourth-order valence-corrected chi connectivity index (χ4v) is 1.81. The van der Waals surface area contributed by atoms with Crippen molar-refractivity contribution in [1.82, 2.24) is 15.3 Å². The molecule has 0 aliphatic heterocycles. The normalized spacial score (nSPS) is 12.5. The average molecular weight is 231 g/mol. The summed E-state index contributed by atoms with van der Waals surface area (Å²) in [6.45, 7) is 2.86. The van der Waals surface area contributed by atoms with Gasteiger partial charge in [0.1, 0.15) is 11.6 Å². The summed E-state index contributed by atoms with van der Waals surface area (Å²) in [5.74, 6) is 1.31. The topological polar surface area (TPSA) is 60.9 Å². The van der Waals surface area contributed by atoms with Gasteiger partial charge in [-0.3, -0.25) is 0 Å². The van der Waals surface area contributed by atoms with Crippen LogP contribution in [0.1, 0.15) is 24.4 Å². The molecule has 0 amide bonds. The highest BCUT2D eigenvalue weighted by atomic mass is 16.3. The minimum Gasteiger partial charge on any atom is -0.508 e. The van der Waals surface area contributed by atoms with Crippen LogP contribution in [0.2, 0.25) is 0 Å². The first-order valence-electron chi connectivity index (χ1n) is 5.77. The number of H-pyrrole nitrogens is 1. The minimum absolute atomic E-state index is 0.131. The molecule has 0 fully saturated rings. The molecule has 90 valence electrons. The van der Waals surface area contributed by atoms with E-state index in [1.165, 1.54) is 0 Å². The SMILES string of the molecule is CC(NCCc1ncc[nH]1)c1ccccc1O. The van der Waals surface area contributed by atoms with Crippen LogP contribution in [0.4, 0.5) is 0 Å². The molecule has 0 saturated heterocycles. The van der Waals surface area contributed by atoms with Crippen molar-refractivity contribution in [3.8, 4) is 5.75 Å². The molecule has 4 heteroatoms. The van der Waals surface area contributed by atoms with E-state index in [9.17, 15) is 5.11 Å². The van der Waals surface area contributed by atoms with Crippen molar-refractivity contribution >= 4 is 0 Å². The molecular formula is C13H17N3O. The molecular weight excluding hydrogens is 214 g/mol. The summed E-state index contributed by atoms with van der Waals surface area (Å²) in [4.78, 5) is 7.22. The number of phenols is 1. The van der Waals surface area contributed by atoms with Gasteiger partial charge >= 0.3 is 0 Å². The van der Waals surface area contributed by atoms with Crippen molar-refractivity contribution < 1.29 is 5.11 Å². The second-order valence-electron chi connectivity index (χ2n) is 4.02. The van der Waals surface area contributed by atoms with Crippen molar-refractivity contribution in [2.75, 3.05) is 6.54 Å². The van der Waals surface area contributed by atoms with E-state index in [0.717, 1.165) is 24.4 Å². The van der Waals surface area contributed by atoms with E-state index < -0.39 is 0 Å². The maximum absolute atomic E-state index is 9.71. The summed E-state index contributed by atoms with van der Waals surface area (Å²) >= 11 is 0. The molecule has 0 aliphatic rings. The van der Waals surface area contributed by atoms with Crippen LogP contribution in [0, 0.1) is 0 Å². The second kappa shape index (κ2) is 5.50. The largest absolute Gasteiger partial charge is 0.508 e. The Balaban J connectivity index is 1.85. The van der Waals surface area contributed by atoms with Gasteiger partial charge in [0.2, 0.25) is 0 Å². The molecule has 17 heavy (non-hydrogen) atoms. The van der Waals surface area contributed by atoms with Crippen molar-refractivity contribution in [2.24, 2.45) is 0 Å². The third-order valence-electron chi connectivity index (χ3n) is 2.77. The lowest BCUT2D eigenvalue weighted by Crippen LogP contribution is -2.21. The lowest BCUT2D eigenvalue weighted by molar-refractivity contribution is 0.453. The van der Waals surface area contributed by atoms with E-state index in [0.29, 0.717) is 5.75 Å². The predicted molar refractivity (Wildman–Crippen MR) is 66.8 cm³/mol. The smallest absolute Gasteiger partial charge is 0.120 e. The van der Waals surface area contributed by atoms with E-state index in [4.69, 9.17) is 0 Å². The van der Waals surface area contributed by atoms with Gasteiger partial charge in [-0.15, -0.1) is 0 Å². The van der Waals surface area contributed by atoms with Crippen LogP contribution < -0.4 is 5.32 Å². The Morgan fingerprint density at radius 1 is 1.41 bits per heavy atom. The van der Waals surface area contributed by atoms with Crippen LogP contribution in [-0.4, -0.2) is 21.6 Å². The Kier molecular flexibility index (Phi) is 3.77. The second-order valence-corrected chi connectivity index (χ2v) is 4.02. The molecule has 2 aromatic rings. The van der Waals surface area contributed by atoms with E-state index in [2.05, 4.69) is 15.3 Å². The number of benzene rings is 1. The Morgan fingerprint density at radius 2 is 2.24 bits per heavy atom. The summed E-state index contributed by atoms with van der Waals surface area (Å²) in [6.07, 6.45) is 4.43. The molecule has 2 rings (SSSR count). The first-order valence-corrected chi connectivity index (χ1v) is 5.77. The lowest BCUT2D eigenvalue weighted by Gasteiger charge is -2.14. The number of phenolic OH excluding ortho intramolecular Hbond substituents is 1. The fraction of sp³-hybridized carbons (Fsp3) is 0.308. The van der Waals surface area contributed by atoms with Gasteiger partial charge in [0, 0.05) is 37.0 Å². The van der Waals surface area contributed by atoms with Crippen LogP contribution >= 0.6 is 0 Å². The summed E-state index contributed by atoms with van der Waals surface area (Å²) < 4.78 is 0. The van der Waals surface area contributed by atoms with Gasteiger partial charge in [-0.05, 0) is 13.0 Å². The Bertz CT molecular complexity index is 453. The number of rotatable bonds is 5. The molecule has 1 unspecified atom stereocenters. The number of hydrogen-bond donors (Lipinski definition) is 3. The Morgan fingerprint density at radius 3 is 2.94 bits per heavy atom. The van der Waals surface area contributed by atoms with Gasteiger partial charge in [-0.1, -0.05) is 18.2 Å². The summed E-state index contributed by atoms with van der Waals surface area (Å²) in [6, 6.07) is 7.53. The molecule has 1 aromatic heterocycles. The highest BCUT2D eigenvalue weighted by Gasteiger charge is 2.08. The summed E-state index contributed by atoms with van der Waals surface area (Å²) in [7, 11) is 0. The maximum Gasteiger partial charge on any atom is 0.120 e. The highest BCUT2D eigenvalue weighted by molar-refractivity contribution is 5.34. The van der Waals surface area contributed by atoms with Crippen molar-refractivity contribution in [3.05, 3.63) is 48.0 Å².